The van der Waals surface area contributed by atoms with Gasteiger partial charge < -0.3 is 20.1 Å². The Hall–Kier alpha value is -2.53. The van der Waals surface area contributed by atoms with E-state index in [1.54, 1.807) is 0 Å². The Morgan fingerprint density at radius 1 is 1.13 bits per heavy atom. The molecule has 2 N–H and O–H groups in total. The van der Waals surface area contributed by atoms with E-state index in [2.05, 4.69) is 73.5 Å². The molecular formula is C26H36N2O3. The number of aryl methyl sites for hydroxylation is 1. The summed E-state index contributed by atoms with van der Waals surface area (Å²) in [6, 6.07) is 15.4. The van der Waals surface area contributed by atoms with Crippen molar-refractivity contribution in [2.75, 3.05) is 30.0 Å². The molecule has 3 rings (SSSR count). The standard InChI is InChI=1S/C26H36N2O3/c1-4-19-7-10-22(11-8-19)27-24-17-21(20(5-2)18-26(29)30)9-12-25(24)28(6-3)23-13-15-31-16-14-23/h7-12,17,20,23,27H,4-6,13-16,18H2,1-3H3,(H,29,30)/t20-/m0/s1. The highest BCUT2D eigenvalue weighted by Gasteiger charge is 2.24. The van der Waals surface area contributed by atoms with Crippen LogP contribution in [0.25, 0.3) is 0 Å². The summed E-state index contributed by atoms with van der Waals surface area (Å²) in [5.41, 5.74) is 5.64. The van der Waals surface area contributed by atoms with Gasteiger partial charge in [0, 0.05) is 31.5 Å². The molecule has 1 saturated heterocycles. The van der Waals surface area contributed by atoms with E-state index in [9.17, 15) is 9.90 Å². The summed E-state index contributed by atoms with van der Waals surface area (Å²) in [6.45, 7) is 8.93. The lowest BCUT2D eigenvalue weighted by Crippen LogP contribution is -2.39. The number of carbonyl (C=O) groups is 1. The van der Waals surface area contributed by atoms with E-state index in [1.807, 2.05) is 0 Å². The van der Waals surface area contributed by atoms with Crippen LogP contribution in [-0.2, 0) is 16.0 Å². The molecule has 0 unspecified atom stereocenters. The summed E-state index contributed by atoms with van der Waals surface area (Å²) < 4.78 is 5.58. The molecule has 0 aliphatic carbocycles. The Morgan fingerprint density at radius 2 is 1.84 bits per heavy atom. The number of nitrogens with one attached hydrogen (secondary N) is 1. The van der Waals surface area contributed by atoms with Crippen LogP contribution < -0.4 is 10.2 Å². The van der Waals surface area contributed by atoms with Crippen LogP contribution in [0.15, 0.2) is 42.5 Å². The number of rotatable bonds is 10. The Bertz CT molecular complexity index is 844. The molecule has 31 heavy (non-hydrogen) atoms. The molecule has 0 amide bonds. The molecule has 2 aromatic rings. The number of nitrogens with zero attached hydrogens (tertiary/aromatic N) is 1. The Balaban J connectivity index is 1.97. The van der Waals surface area contributed by atoms with Crippen LogP contribution in [0.1, 0.15) is 63.5 Å². The number of hydrogen-bond donors (Lipinski definition) is 2. The fourth-order valence-electron chi connectivity index (χ4n) is 4.47. The third-order valence-corrected chi connectivity index (χ3v) is 6.33. The van der Waals surface area contributed by atoms with E-state index in [0.29, 0.717) is 6.04 Å². The average molecular weight is 425 g/mol. The minimum atomic E-state index is -0.752. The molecule has 0 bridgehead atoms. The molecule has 0 aromatic heterocycles. The summed E-state index contributed by atoms with van der Waals surface area (Å²) in [7, 11) is 0. The summed E-state index contributed by atoms with van der Waals surface area (Å²) in [4.78, 5) is 13.8. The van der Waals surface area contributed by atoms with E-state index in [4.69, 9.17) is 4.74 Å². The lowest BCUT2D eigenvalue weighted by molar-refractivity contribution is -0.137. The normalized spacial score (nSPS) is 15.5. The van der Waals surface area contributed by atoms with Crippen molar-refractivity contribution in [3.8, 4) is 0 Å². The fraction of sp³-hybridized carbons (Fsp3) is 0.500. The van der Waals surface area contributed by atoms with Crippen LogP contribution >= 0.6 is 0 Å². The van der Waals surface area contributed by atoms with Crippen molar-refractivity contribution in [3.63, 3.8) is 0 Å². The van der Waals surface area contributed by atoms with Gasteiger partial charge in [0.15, 0.2) is 0 Å². The summed E-state index contributed by atoms with van der Waals surface area (Å²) in [5.74, 6) is -0.745. The molecule has 5 heteroatoms. The first-order chi connectivity index (χ1) is 15.0. The van der Waals surface area contributed by atoms with Crippen molar-refractivity contribution in [2.24, 2.45) is 0 Å². The van der Waals surface area contributed by atoms with Crippen LogP contribution in [-0.4, -0.2) is 36.9 Å². The number of aliphatic carboxylic acids is 1. The predicted molar refractivity (Wildman–Crippen MR) is 128 cm³/mol. The van der Waals surface area contributed by atoms with Gasteiger partial charge in [0.2, 0.25) is 0 Å². The number of benzene rings is 2. The summed E-state index contributed by atoms with van der Waals surface area (Å²) in [6.07, 6.45) is 4.01. The Morgan fingerprint density at radius 3 is 2.42 bits per heavy atom. The molecule has 168 valence electrons. The van der Waals surface area contributed by atoms with Gasteiger partial charge in [-0.3, -0.25) is 4.79 Å². The molecule has 1 heterocycles. The maximum Gasteiger partial charge on any atom is 0.303 e. The minimum Gasteiger partial charge on any atom is -0.481 e. The van der Waals surface area contributed by atoms with Gasteiger partial charge in [-0.05, 0) is 73.9 Å². The monoisotopic (exact) mass is 424 g/mol. The summed E-state index contributed by atoms with van der Waals surface area (Å²) >= 11 is 0. The smallest absolute Gasteiger partial charge is 0.303 e. The fourth-order valence-corrected chi connectivity index (χ4v) is 4.47. The van der Waals surface area contributed by atoms with Gasteiger partial charge in [0.25, 0.3) is 0 Å². The first-order valence-electron chi connectivity index (χ1n) is 11.6. The molecule has 5 nitrogen and oxygen atoms in total. The van der Waals surface area contributed by atoms with Crippen molar-refractivity contribution >= 4 is 23.0 Å². The van der Waals surface area contributed by atoms with Crippen molar-refractivity contribution in [2.45, 2.75) is 64.8 Å². The zero-order chi connectivity index (χ0) is 22.2. The Labute approximate surface area is 186 Å². The SMILES string of the molecule is CCc1ccc(Nc2cc([C@@H](CC)CC(=O)O)ccc2N(CC)C2CCOCC2)cc1. The van der Waals surface area contributed by atoms with Gasteiger partial charge in [-0.2, -0.15) is 0 Å². The maximum absolute atomic E-state index is 11.4. The lowest BCUT2D eigenvalue weighted by Gasteiger charge is -2.37. The molecule has 0 saturated carbocycles. The molecule has 2 aromatic carbocycles. The van der Waals surface area contributed by atoms with Crippen LogP contribution in [0.5, 0.6) is 0 Å². The zero-order valence-electron chi connectivity index (χ0n) is 19.1. The first-order valence-corrected chi connectivity index (χ1v) is 11.6. The Kier molecular flexibility index (Phi) is 8.35. The molecule has 1 atom stereocenters. The van der Waals surface area contributed by atoms with Gasteiger partial charge in [0.1, 0.15) is 0 Å². The van der Waals surface area contributed by atoms with E-state index >= 15 is 0 Å². The average Bonchev–Trinajstić information content (AvgIpc) is 2.80. The summed E-state index contributed by atoms with van der Waals surface area (Å²) in [5, 5.41) is 13.0. The molecule has 0 spiro atoms. The van der Waals surface area contributed by atoms with Gasteiger partial charge in [-0.25, -0.2) is 0 Å². The highest BCUT2D eigenvalue weighted by Crippen LogP contribution is 2.36. The topological polar surface area (TPSA) is 61.8 Å². The highest BCUT2D eigenvalue weighted by molar-refractivity contribution is 5.77. The number of carboxylic acid groups (broad SMARTS) is 1. The van der Waals surface area contributed by atoms with Crippen molar-refractivity contribution < 1.29 is 14.6 Å². The van der Waals surface area contributed by atoms with Crippen molar-refractivity contribution in [3.05, 3.63) is 53.6 Å². The van der Waals surface area contributed by atoms with Gasteiger partial charge in [0.05, 0.1) is 17.8 Å². The highest BCUT2D eigenvalue weighted by atomic mass is 16.5. The van der Waals surface area contributed by atoms with Gasteiger partial charge in [-0.15, -0.1) is 0 Å². The minimum absolute atomic E-state index is 0.00715. The van der Waals surface area contributed by atoms with Gasteiger partial charge in [-0.1, -0.05) is 32.0 Å². The molecule has 1 aliphatic heterocycles. The number of carboxylic acids is 1. The van der Waals surface area contributed by atoms with Crippen LogP contribution in [0.4, 0.5) is 17.1 Å². The lowest BCUT2D eigenvalue weighted by atomic mass is 9.92. The van der Waals surface area contributed by atoms with Crippen molar-refractivity contribution in [1.29, 1.82) is 0 Å². The predicted octanol–water partition coefficient (Wildman–Crippen LogP) is 5.97. The largest absolute Gasteiger partial charge is 0.481 e. The second-order valence-corrected chi connectivity index (χ2v) is 8.28. The third-order valence-electron chi connectivity index (χ3n) is 6.33. The van der Waals surface area contributed by atoms with Crippen LogP contribution in [0.3, 0.4) is 0 Å². The second kappa shape index (κ2) is 11.2. The molecule has 1 aliphatic rings. The maximum atomic E-state index is 11.4. The number of hydrogen-bond acceptors (Lipinski definition) is 4. The first kappa shape index (κ1) is 23.1. The van der Waals surface area contributed by atoms with Crippen LogP contribution in [0.2, 0.25) is 0 Å². The van der Waals surface area contributed by atoms with E-state index < -0.39 is 5.97 Å². The van der Waals surface area contributed by atoms with Gasteiger partial charge >= 0.3 is 5.97 Å². The van der Waals surface area contributed by atoms with E-state index in [1.165, 1.54) is 11.3 Å². The molecular weight excluding hydrogens is 388 g/mol. The second-order valence-electron chi connectivity index (χ2n) is 8.28. The quantitative estimate of drug-likeness (QED) is 0.492. The third kappa shape index (κ3) is 6.01. The van der Waals surface area contributed by atoms with E-state index in [0.717, 1.165) is 62.4 Å². The van der Waals surface area contributed by atoms with Crippen molar-refractivity contribution in [1.82, 2.24) is 0 Å². The molecule has 1 fully saturated rings. The number of ether oxygens (including phenoxy) is 1. The number of anilines is 3. The van der Waals surface area contributed by atoms with Crippen LogP contribution in [0, 0.1) is 0 Å². The molecule has 0 radical (unpaired) electrons. The van der Waals surface area contributed by atoms with E-state index in [-0.39, 0.29) is 12.3 Å². The zero-order valence-corrected chi connectivity index (χ0v) is 19.1.